The standard InChI is InChI=1S/C15H25N5O2S/c1-4-12(23-3)14(22)20-6-5-11(9-20)19(2)8-10-7-13(21)18-15(16)17-10/h7,11-12H,4-6,8-9H2,1-3H3,(H3,16,17,18,21)/t11-,12-/m0/s1. The maximum absolute atomic E-state index is 12.4. The number of hydrogen-bond donors (Lipinski definition) is 2. The molecule has 2 rings (SSSR count). The molecule has 1 aromatic rings. The predicted molar refractivity (Wildman–Crippen MR) is 93.3 cm³/mol. The van der Waals surface area contributed by atoms with E-state index in [-0.39, 0.29) is 28.7 Å². The van der Waals surface area contributed by atoms with Crippen LogP contribution in [0.5, 0.6) is 0 Å². The molecule has 1 aromatic heterocycles. The van der Waals surface area contributed by atoms with E-state index in [1.54, 1.807) is 11.8 Å². The summed E-state index contributed by atoms with van der Waals surface area (Å²) in [5.74, 6) is 0.365. The Morgan fingerprint density at radius 2 is 2.39 bits per heavy atom. The first-order valence-electron chi connectivity index (χ1n) is 7.82. The molecular weight excluding hydrogens is 314 g/mol. The highest BCUT2D eigenvalue weighted by atomic mass is 32.2. The number of anilines is 1. The van der Waals surface area contributed by atoms with Gasteiger partial charge in [-0.2, -0.15) is 11.8 Å². The Morgan fingerprint density at radius 1 is 1.65 bits per heavy atom. The molecule has 0 saturated carbocycles. The fourth-order valence-corrected chi connectivity index (χ4v) is 3.63. The van der Waals surface area contributed by atoms with Gasteiger partial charge < -0.3 is 10.6 Å². The quantitative estimate of drug-likeness (QED) is 0.785. The van der Waals surface area contributed by atoms with E-state index < -0.39 is 0 Å². The van der Waals surface area contributed by atoms with Crippen LogP contribution in [0.4, 0.5) is 5.95 Å². The zero-order valence-electron chi connectivity index (χ0n) is 13.9. The fraction of sp³-hybridized carbons (Fsp3) is 0.667. The molecule has 1 saturated heterocycles. The van der Waals surface area contributed by atoms with E-state index in [1.165, 1.54) is 6.07 Å². The minimum absolute atomic E-state index is 0.0493. The van der Waals surface area contributed by atoms with Crippen molar-refractivity contribution in [3.8, 4) is 0 Å². The third kappa shape index (κ3) is 4.48. The number of nitrogen functional groups attached to an aromatic ring is 1. The Labute approximate surface area is 140 Å². The summed E-state index contributed by atoms with van der Waals surface area (Å²) in [7, 11) is 1.99. The first-order chi connectivity index (χ1) is 10.9. The number of rotatable bonds is 6. The average molecular weight is 339 g/mol. The van der Waals surface area contributed by atoms with Crippen molar-refractivity contribution in [3.63, 3.8) is 0 Å². The monoisotopic (exact) mass is 339 g/mol. The Hall–Kier alpha value is -1.54. The summed E-state index contributed by atoms with van der Waals surface area (Å²) in [6, 6.07) is 1.74. The van der Waals surface area contributed by atoms with E-state index in [4.69, 9.17) is 5.73 Å². The smallest absolute Gasteiger partial charge is 0.252 e. The summed E-state index contributed by atoms with van der Waals surface area (Å²) in [4.78, 5) is 34.6. The molecule has 7 nitrogen and oxygen atoms in total. The second-order valence-corrected chi connectivity index (χ2v) is 6.94. The summed E-state index contributed by atoms with van der Waals surface area (Å²) in [5.41, 5.74) is 5.98. The van der Waals surface area contributed by atoms with Gasteiger partial charge in [-0.25, -0.2) is 4.98 Å². The summed E-state index contributed by atoms with van der Waals surface area (Å²) < 4.78 is 0. The van der Waals surface area contributed by atoms with Crippen LogP contribution in [-0.2, 0) is 11.3 Å². The van der Waals surface area contributed by atoms with Crippen LogP contribution in [0.1, 0.15) is 25.5 Å². The van der Waals surface area contributed by atoms with Crippen molar-refractivity contribution in [3.05, 3.63) is 22.1 Å². The lowest BCUT2D eigenvalue weighted by Gasteiger charge is -2.25. The lowest BCUT2D eigenvalue weighted by molar-refractivity contribution is -0.129. The number of nitrogens with zero attached hydrogens (tertiary/aromatic N) is 3. The van der Waals surface area contributed by atoms with Gasteiger partial charge in [0.1, 0.15) is 0 Å². The average Bonchev–Trinajstić information content (AvgIpc) is 2.97. The minimum Gasteiger partial charge on any atom is -0.369 e. The Morgan fingerprint density at radius 3 is 3.00 bits per heavy atom. The van der Waals surface area contributed by atoms with Gasteiger partial charge in [-0.15, -0.1) is 0 Å². The number of nitrogens with two attached hydrogens (primary N) is 1. The summed E-state index contributed by atoms with van der Waals surface area (Å²) in [6.45, 7) is 4.10. The highest BCUT2D eigenvalue weighted by Gasteiger charge is 2.31. The number of aromatic nitrogens is 2. The molecule has 23 heavy (non-hydrogen) atoms. The lowest BCUT2D eigenvalue weighted by atomic mass is 10.2. The number of likely N-dealkylation sites (N-methyl/N-ethyl adjacent to an activating group) is 1. The van der Waals surface area contributed by atoms with Gasteiger partial charge in [-0.3, -0.25) is 19.5 Å². The van der Waals surface area contributed by atoms with Crippen molar-refractivity contribution in [2.75, 3.05) is 32.1 Å². The maximum atomic E-state index is 12.4. The third-order valence-electron chi connectivity index (χ3n) is 4.25. The van der Waals surface area contributed by atoms with Crippen molar-refractivity contribution in [1.29, 1.82) is 0 Å². The highest BCUT2D eigenvalue weighted by Crippen LogP contribution is 2.21. The number of aromatic amines is 1. The molecule has 8 heteroatoms. The summed E-state index contributed by atoms with van der Waals surface area (Å²) >= 11 is 1.61. The number of H-pyrrole nitrogens is 1. The number of thioether (sulfide) groups is 1. The fourth-order valence-electron chi connectivity index (χ4n) is 2.94. The summed E-state index contributed by atoms with van der Waals surface area (Å²) in [5, 5.41) is 0.0493. The second kappa shape index (κ2) is 7.83. The largest absolute Gasteiger partial charge is 0.369 e. The molecular formula is C15H25N5O2S. The number of likely N-dealkylation sites (tertiary alicyclic amines) is 1. The molecule has 1 fully saturated rings. The van der Waals surface area contributed by atoms with Gasteiger partial charge in [-0.1, -0.05) is 6.92 Å². The van der Waals surface area contributed by atoms with Gasteiger partial charge in [0, 0.05) is 31.7 Å². The van der Waals surface area contributed by atoms with Crippen molar-refractivity contribution < 1.29 is 4.79 Å². The molecule has 0 spiro atoms. The molecule has 1 aliphatic rings. The van der Waals surface area contributed by atoms with Gasteiger partial charge in [0.2, 0.25) is 11.9 Å². The van der Waals surface area contributed by atoms with Crippen LogP contribution in [0.25, 0.3) is 0 Å². The topological polar surface area (TPSA) is 95.3 Å². The molecule has 0 unspecified atom stereocenters. The number of carbonyl (C=O) groups excluding carboxylic acids is 1. The van der Waals surface area contributed by atoms with Crippen LogP contribution in [0.2, 0.25) is 0 Å². The molecule has 0 bridgehead atoms. The van der Waals surface area contributed by atoms with Crippen LogP contribution in [0.15, 0.2) is 10.9 Å². The zero-order chi connectivity index (χ0) is 17.0. The van der Waals surface area contributed by atoms with E-state index in [0.717, 1.165) is 25.9 Å². The maximum Gasteiger partial charge on any atom is 0.252 e. The normalized spacial score (nSPS) is 19.3. The van der Waals surface area contributed by atoms with Gasteiger partial charge in [-0.05, 0) is 26.1 Å². The molecule has 1 amide bonds. The van der Waals surface area contributed by atoms with E-state index in [9.17, 15) is 9.59 Å². The van der Waals surface area contributed by atoms with Crippen LogP contribution < -0.4 is 11.3 Å². The Bertz CT molecular complexity index is 602. The van der Waals surface area contributed by atoms with Crippen molar-refractivity contribution in [2.24, 2.45) is 0 Å². The molecule has 3 N–H and O–H groups in total. The zero-order valence-corrected chi connectivity index (χ0v) is 14.7. The molecule has 2 atom stereocenters. The molecule has 1 aliphatic heterocycles. The first-order valence-corrected chi connectivity index (χ1v) is 9.11. The number of nitrogens with one attached hydrogen (secondary N) is 1. The number of carbonyl (C=O) groups is 1. The van der Waals surface area contributed by atoms with Crippen LogP contribution in [0.3, 0.4) is 0 Å². The summed E-state index contributed by atoms with van der Waals surface area (Å²) in [6.07, 6.45) is 3.77. The minimum atomic E-state index is -0.241. The Balaban J connectivity index is 1.95. The second-order valence-electron chi connectivity index (χ2n) is 5.90. The van der Waals surface area contributed by atoms with Crippen molar-refractivity contribution >= 4 is 23.6 Å². The predicted octanol–water partition coefficient (Wildman–Crippen LogP) is 0.526. The molecule has 128 valence electrons. The van der Waals surface area contributed by atoms with Crippen LogP contribution in [0, 0.1) is 0 Å². The van der Waals surface area contributed by atoms with Gasteiger partial charge >= 0.3 is 0 Å². The first kappa shape index (κ1) is 17.8. The van der Waals surface area contributed by atoms with Crippen LogP contribution >= 0.6 is 11.8 Å². The van der Waals surface area contributed by atoms with Crippen molar-refractivity contribution in [2.45, 2.75) is 37.6 Å². The van der Waals surface area contributed by atoms with Crippen molar-refractivity contribution in [1.82, 2.24) is 19.8 Å². The van der Waals surface area contributed by atoms with E-state index in [2.05, 4.69) is 14.9 Å². The number of hydrogen-bond acceptors (Lipinski definition) is 6. The Kier molecular flexibility index (Phi) is 6.06. The lowest BCUT2D eigenvalue weighted by Crippen LogP contribution is -2.39. The molecule has 0 aliphatic carbocycles. The van der Waals surface area contributed by atoms with E-state index >= 15 is 0 Å². The molecule has 2 heterocycles. The molecule has 0 radical (unpaired) electrons. The highest BCUT2D eigenvalue weighted by molar-refractivity contribution is 7.99. The van der Waals surface area contributed by atoms with E-state index in [0.29, 0.717) is 12.2 Å². The van der Waals surface area contributed by atoms with Crippen LogP contribution in [-0.4, -0.2) is 63.4 Å². The van der Waals surface area contributed by atoms with Gasteiger partial charge in [0.15, 0.2) is 0 Å². The number of amides is 1. The third-order valence-corrected chi connectivity index (χ3v) is 5.36. The van der Waals surface area contributed by atoms with E-state index in [1.807, 2.05) is 25.1 Å². The van der Waals surface area contributed by atoms with Gasteiger partial charge in [0.25, 0.3) is 5.56 Å². The molecule has 0 aromatic carbocycles. The van der Waals surface area contributed by atoms with Gasteiger partial charge in [0.05, 0.1) is 10.9 Å². The SMILES string of the molecule is CC[C@H](SC)C(=O)N1CC[C@H](N(C)Cc2cc(=O)[nH]c(N)n2)C1.